The highest BCUT2D eigenvalue weighted by molar-refractivity contribution is 7.16. The Hall–Kier alpha value is -2.01. The van der Waals surface area contributed by atoms with Gasteiger partial charge in [-0.2, -0.15) is 0 Å². The SMILES string of the molecule is O=C(O)/C=C/c1ccc(-c2cncnc2)s1. The second kappa shape index (κ2) is 4.67. The van der Waals surface area contributed by atoms with Crippen molar-refractivity contribution in [3.05, 3.63) is 41.8 Å². The number of thiophene rings is 1. The Morgan fingerprint density at radius 1 is 1.31 bits per heavy atom. The molecule has 0 bridgehead atoms. The van der Waals surface area contributed by atoms with Crippen LogP contribution in [0.1, 0.15) is 4.88 Å². The van der Waals surface area contributed by atoms with Crippen LogP contribution in [0.15, 0.2) is 36.9 Å². The fourth-order valence-electron chi connectivity index (χ4n) is 1.18. The van der Waals surface area contributed by atoms with Gasteiger partial charge in [-0.15, -0.1) is 11.3 Å². The maximum absolute atomic E-state index is 10.3. The van der Waals surface area contributed by atoms with Crippen molar-refractivity contribution in [2.24, 2.45) is 0 Å². The monoisotopic (exact) mass is 232 g/mol. The molecule has 2 aromatic heterocycles. The Kier molecular flexibility index (Phi) is 3.07. The minimum atomic E-state index is -0.946. The van der Waals surface area contributed by atoms with Crippen LogP contribution in [0.5, 0.6) is 0 Å². The van der Waals surface area contributed by atoms with E-state index >= 15 is 0 Å². The van der Waals surface area contributed by atoms with E-state index in [-0.39, 0.29) is 0 Å². The van der Waals surface area contributed by atoms with Crippen molar-refractivity contribution in [1.29, 1.82) is 0 Å². The number of carboxylic acids is 1. The van der Waals surface area contributed by atoms with Crippen molar-refractivity contribution in [2.45, 2.75) is 0 Å². The molecule has 0 amide bonds. The lowest BCUT2D eigenvalue weighted by Crippen LogP contribution is -1.84. The number of hydrogen-bond acceptors (Lipinski definition) is 4. The standard InChI is InChI=1S/C11H8N2O2S/c14-11(15)4-2-9-1-3-10(16-9)8-5-12-7-13-6-8/h1-7H,(H,14,15)/b4-2+. The normalized spacial score (nSPS) is 10.8. The number of hydrogen-bond donors (Lipinski definition) is 1. The van der Waals surface area contributed by atoms with Crippen LogP contribution in [-0.4, -0.2) is 21.0 Å². The highest BCUT2D eigenvalue weighted by atomic mass is 32.1. The number of carbonyl (C=O) groups is 1. The van der Waals surface area contributed by atoms with Crippen LogP contribution < -0.4 is 0 Å². The van der Waals surface area contributed by atoms with Gasteiger partial charge < -0.3 is 5.11 Å². The molecule has 0 atom stereocenters. The smallest absolute Gasteiger partial charge is 0.328 e. The average molecular weight is 232 g/mol. The van der Waals surface area contributed by atoms with Crippen LogP contribution in [0.3, 0.4) is 0 Å². The topological polar surface area (TPSA) is 63.1 Å². The summed E-state index contributed by atoms with van der Waals surface area (Å²) in [6, 6.07) is 3.79. The molecule has 2 rings (SSSR count). The van der Waals surface area contributed by atoms with Crippen LogP contribution in [0.2, 0.25) is 0 Å². The summed E-state index contributed by atoms with van der Waals surface area (Å²) in [5.74, 6) is -0.946. The number of nitrogens with zero attached hydrogens (tertiary/aromatic N) is 2. The van der Waals surface area contributed by atoms with E-state index in [4.69, 9.17) is 5.11 Å². The van der Waals surface area contributed by atoms with Gasteiger partial charge in [-0.25, -0.2) is 14.8 Å². The van der Waals surface area contributed by atoms with Crippen LogP contribution in [0, 0.1) is 0 Å². The Bertz CT molecular complexity index is 520. The molecule has 2 aromatic rings. The van der Waals surface area contributed by atoms with E-state index in [1.165, 1.54) is 17.7 Å². The van der Waals surface area contributed by atoms with E-state index < -0.39 is 5.97 Å². The molecule has 0 saturated heterocycles. The molecule has 0 aliphatic rings. The maximum atomic E-state index is 10.3. The third kappa shape index (κ3) is 2.52. The predicted octanol–water partition coefficient (Wildman–Crippen LogP) is 2.30. The molecule has 4 nitrogen and oxygen atoms in total. The molecule has 0 aliphatic carbocycles. The summed E-state index contributed by atoms with van der Waals surface area (Å²) in [6.07, 6.45) is 7.62. The van der Waals surface area contributed by atoms with Gasteiger partial charge in [-0.3, -0.25) is 0 Å². The molecule has 16 heavy (non-hydrogen) atoms. The Balaban J connectivity index is 2.23. The van der Waals surface area contributed by atoms with E-state index in [1.54, 1.807) is 18.5 Å². The fraction of sp³-hybridized carbons (Fsp3) is 0. The molecule has 0 unspecified atom stereocenters. The summed E-state index contributed by atoms with van der Waals surface area (Å²) in [5, 5.41) is 8.50. The average Bonchev–Trinajstić information content (AvgIpc) is 2.76. The van der Waals surface area contributed by atoms with Crippen molar-refractivity contribution in [3.63, 3.8) is 0 Å². The summed E-state index contributed by atoms with van der Waals surface area (Å²) in [7, 11) is 0. The lowest BCUT2D eigenvalue weighted by Gasteiger charge is -1.92. The first kappa shape index (κ1) is 10.5. The second-order valence-electron chi connectivity index (χ2n) is 3.00. The summed E-state index contributed by atoms with van der Waals surface area (Å²) in [5.41, 5.74) is 0.933. The van der Waals surface area contributed by atoms with E-state index in [1.807, 2.05) is 12.1 Å². The minimum absolute atomic E-state index is 0.890. The third-order valence-electron chi connectivity index (χ3n) is 1.86. The van der Waals surface area contributed by atoms with Gasteiger partial charge in [0.25, 0.3) is 0 Å². The first-order valence-corrected chi connectivity index (χ1v) is 5.33. The van der Waals surface area contributed by atoms with Crippen molar-refractivity contribution < 1.29 is 9.90 Å². The zero-order valence-electron chi connectivity index (χ0n) is 8.20. The predicted molar refractivity (Wildman–Crippen MR) is 62.0 cm³/mol. The second-order valence-corrected chi connectivity index (χ2v) is 4.12. The molecule has 0 fully saturated rings. The molecule has 0 saturated carbocycles. The van der Waals surface area contributed by atoms with E-state index in [0.29, 0.717) is 0 Å². The van der Waals surface area contributed by atoms with Gasteiger partial charge in [0.1, 0.15) is 6.33 Å². The van der Waals surface area contributed by atoms with E-state index in [2.05, 4.69) is 9.97 Å². The van der Waals surface area contributed by atoms with Crippen LogP contribution in [0.4, 0.5) is 0 Å². The van der Waals surface area contributed by atoms with Crippen LogP contribution in [0.25, 0.3) is 16.5 Å². The number of aliphatic carboxylic acids is 1. The Morgan fingerprint density at radius 2 is 2.06 bits per heavy atom. The lowest BCUT2D eigenvalue weighted by molar-refractivity contribution is -0.131. The van der Waals surface area contributed by atoms with Gasteiger partial charge in [0.15, 0.2) is 0 Å². The summed E-state index contributed by atoms with van der Waals surface area (Å²) in [4.78, 5) is 20.1. The van der Waals surface area contributed by atoms with Gasteiger partial charge in [0, 0.05) is 33.8 Å². The zero-order valence-corrected chi connectivity index (χ0v) is 9.02. The molecular formula is C11H8N2O2S. The number of aromatic nitrogens is 2. The summed E-state index contributed by atoms with van der Waals surface area (Å²) >= 11 is 1.50. The van der Waals surface area contributed by atoms with Gasteiger partial charge in [0.05, 0.1) is 0 Å². The molecule has 0 spiro atoms. The van der Waals surface area contributed by atoms with Crippen molar-refractivity contribution in [2.75, 3.05) is 0 Å². The first-order chi connectivity index (χ1) is 7.75. The molecule has 2 heterocycles. The lowest BCUT2D eigenvalue weighted by atomic mass is 10.3. The summed E-state index contributed by atoms with van der Waals surface area (Å²) < 4.78 is 0. The van der Waals surface area contributed by atoms with Gasteiger partial charge >= 0.3 is 5.97 Å². The Labute approximate surface area is 95.9 Å². The van der Waals surface area contributed by atoms with Gasteiger partial charge in [0.2, 0.25) is 0 Å². The molecule has 0 aliphatic heterocycles. The maximum Gasteiger partial charge on any atom is 0.328 e. The largest absolute Gasteiger partial charge is 0.478 e. The molecule has 5 heteroatoms. The molecule has 1 N–H and O–H groups in total. The fourth-order valence-corrected chi connectivity index (χ4v) is 2.06. The molecular weight excluding hydrogens is 224 g/mol. The van der Waals surface area contributed by atoms with E-state index in [9.17, 15) is 4.79 Å². The molecule has 80 valence electrons. The minimum Gasteiger partial charge on any atom is -0.478 e. The van der Waals surface area contributed by atoms with E-state index in [0.717, 1.165) is 21.4 Å². The van der Waals surface area contributed by atoms with Crippen LogP contribution >= 0.6 is 11.3 Å². The highest BCUT2D eigenvalue weighted by Crippen LogP contribution is 2.27. The molecule has 0 radical (unpaired) electrons. The van der Waals surface area contributed by atoms with Gasteiger partial charge in [-0.1, -0.05) is 0 Å². The quantitative estimate of drug-likeness (QED) is 0.825. The van der Waals surface area contributed by atoms with Crippen molar-refractivity contribution in [1.82, 2.24) is 9.97 Å². The first-order valence-electron chi connectivity index (χ1n) is 4.52. The van der Waals surface area contributed by atoms with Crippen molar-refractivity contribution in [3.8, 4) is 10.4 Å². The highest BCUT2D eigenvalue weighted by Gasteiger charge is 2.01. The van der Waals surface area contributed by atoms with Crippen LogP contribution in [-0.2, 0) is 4.79 Å². The molecule has 0 aromatic carbocycles. The Morgan fingerprint density at radius 3 is 2.75 bits per heavy atom. The number of rotatable bonds is 3. The zero-order chi connectivity index (χ0) is 11.4. The van der Waals surface area contributed by atoms with Gasteiger partial charge in [-0.05, 0) is 18.2 Å². The summed E-state index contributed by atoms with van der Waals surface area (Å²) in [6.45, 7) is 0. The third-order valence-corrected chi connectivity index (χ3v) is 2.96. The number of carboxylic acid groups (broad SMARTS) is 1. The van der Waals surface area contributed by atoms with Crippen molar-refractivity contribution >= 4 is 23.4 Å².